The molecule has 100 valence electrons. The van der Waals surface area contributed by atoms with Crippen LogP contribution in [0.3, 0.4) is 0 Å². The van der Waals surface area contributed by atoms with Gasteiger partial charge in [0.25, 0.3) is 0 Å². The van der Waals surface area contributed by atoms with Crippen LogP contribution in [0.1, 0.15) is 11.1 Å². The maximum atomic E-state index is 13.3. The summed E-state index contributed by atoms with van der Waals surface area (Å²) in [5.74, 6) is 0.227. The summed E-state index contributed by atoms with van der Waals surface area (Å²) in [5, 5.41) is 0.0960. The van der Waals surface area contributed by atoms with Gasteiger partial charge in [-0.2, -0.15) is 0 Å². The van der Waals surface area contributed by atoms with E-state index in [0.29, 0.717) is 17.9 Å². The lowest BCUT2D eigenvalue weighted by molar-refractivity contribution is 0.305. The molecule has 0 bridgehead atoms. The third-order valence-electron chi connectivity index (χ3n) is 2.66. The fourth-order valence-electron chi connectivity index (χ4n) is 1.62. The Morgan fingerprint density at radius 1 is 1.21 bits per heavy atom. The first-order chi connectivity index (χ1) is 9.11. The van der Waals surface area contributed by atoms with Gasteiger partial charge in [-0.25, -0.2) is 4.39 Å². The predicted molar refractivity (Wildman–Crippen MR) is 77.8 cm³/mol. The Balaban J connectivity index is 2.12. The highest BCUT2D eigenvalue weighted by atomic mass is 79.9. The van der Waals surface area contributed by atoms with E-state index in [0.717, 1.165) is 10.0 Å². The number of hydrogen-bond acceptors (Lipinski definition) is 2. The molecule has 0 amide bonds. The molecule has 0 atom stereocenters. The van der Waals surface area contributed by atoms with Gasteiger partial charge in [-0.05, 0) is 29.8 Å². The minimum Gasteiger partial charge on any atom is -0.489 e. The second-order valence-electron chi connectivity index (χ2n) is 3.96. The van der Waals surface area contributed by atoms with E-state index < -0.39 is 5.82 Å². The summed E-state index contributed by atoms with van der Waals surface area (Å²) >= 11 is 9.26. The summed E-state index contributed by atoms with van der Waals surface area (Å²) in [5.41, 5.74) is 7.17. The van der Waals surface area contributed by atoms with Crippen LogP contribution in [-0.2, 0) is 13.2 Å². The van der Waals surface area contributed by atoms with Gasteiger partial charge in [-0.3, -0.25) is 0 Å². The summed E-state index contributed by atoms with van der Waals surface area (Å²) in [7, 11) is 0. The van der Waals surface area contributed by atoms with Crippen LogP contribution in [0.15, 0.2) is 40.9 Å². The highest BCUT2D eigenvalue weighted by molar-refractivity contribution is 9.10. The van der Waals surface area contributed by atoms with Crippen molar-refractivity contribution in [3.8, 4) is 5.75 Å². The third kappa shape index (κ3) is 3.47. The molecule has 0 aliphatic heterocycles. The molecule has 2 N–H and O–H groups in total. The summed E-state index contributed by atoms with van der Waals surface area (Å²) < 4.78 is 19.8. The van der Waals surface area contributed by atoms with Crippen molar-refractivity contribution in [2.75, 3.05) is 0 Å². The van der Waals surface area contributed by atoms with Crippen molar-refractivity contribution in [2.24, 2.45) is 5.73 Å². The van der Waals surface area contributed by atoms with Crippen LogP contribution in [-0.4, -0.2) is 0 Å². The van der Waals surface area contributed by atoms with Gasteiger partial charge in [-0.15, -0.1) is 0 Å². The number of halogens is 3. The zero-order valence-corrected chi connectivity index (χ0v) is 12.3. The molecule has 2 aromatic rings. The SMILES string of the molecule is NCc1cc(OCc2cccc(F)c2Cl)ccc1Br. The van der Waals surface area contributed by atoms with Crippen molar-refractivity contribution < 1.29 is 9.13 Å². The van der Waals surface area contributed by atoms with E-state index in [1.165, 1.54) is 6.07 Å². The van der Waals surface area contributed by atoms with E-state index in [1.807, 2.05) is 18.2 Å². The zero-order chi connectivity index (χ0) is 13.8. The molecule has 2 nitrogen and oxygen atoms in total. The lowest BCUT2D eigenvalue weighted by Crippen LogP contribution is -2.00. The highest BCUT2D eigenvalue weighted by Crippen LogP contribution is 2.25. The number of nitrogens with two attached hydrogens (primary N) is 1. The van der Waals surface area contributed by atoms with Gasteiger partial charge in [0.2, 0.25) is 0 Å². The van der Waals surface area contributed by atoms with Crippen LogP contribution in [0.5, 0.6) is 5.75 Å². The molecular formula is C14H12BrClFNO. The fraction of sp³-hybridized carbons (Fsp3) is 0.143. The number of rotatable bonds is 4. The average Bonchev–Trinajstić information content (AvgIpc) is 2.42. The highest BCUT2D eigenvalue weighted by Gasteiger charge is 2.07. The maximum Gasteiger partial charge on any atom is 0.142 e. The Bertz CT molecular complexity index is 592. The molecule has 0 unspecified atom stereocenters. The van der Waals surface area contributed by atoms with Gasteiger partial charge in [0.1, 0.15) is 18.2 Å². The summed E-state index contributed by atoms with van der Waals surface area (Å²) in [6, 6.07) is 10.2. The van der Waals surface area contributed by atoms with Gasteiger partial charge in [0.05, 0.1) is 5.02 Å². The smallest absolute Gasteiger partial charge is 0.142 e. The summed E-state index contributed by atoms with van der Waals surface area (Å²) in [6.07, 6.45) is 0. The Labute approximate surface area is 124 Å². The molecule has 5 heteroatoms. The molecule has 0 aliphatic rings. The molecule has 0 saturated heterocycles. The summed E-state index contributed by atoms with van der Waals surface area (Å²) in [4.78, 5) is 0. The first-order valence-electron chi connectivity index (χ1n) is 5.66. The number of hydrogen-bond donors (Lipinski definition) is 1. The normalized spacial score (nSPS) is 10.5. The Hall–Kier alpha value is -1.10. The molecule has 2 aromatic carbocycles. The average molecular weight is 345 g/mol. The van der Waals surface area contributed by atoms with Crippen LogP contribution in [0.2, 0.25) is 5.02 Å². The molecular weight excluding hydrogens is 333 g/mol. The quantitative estimate of drug-likeness (QED) is 0.898. The third-order valence-corrected chi connectivity index (χ3v) is 3.86. The van der Waals surface area contributed by atoms with Crippen LogP contribution in [0, 0.1) is 5.82 Å². The van der Waals surface area contributed by atoms with E-state index in [9.17, 15) is 4.39 Å². The van der Waals surface area contributed by atoms with Gasteiger partial charge >= 0.3 is 0 Å². The Morgan fingerprint density at radius 2 is 2.00 bits per heavy atom. The van der Waals surface area contributed by atoms with Gasteiger partial charge in [0.15, 0.2) is 0 Å². The molecule has 0 saturated carbocycles. The van der Waals surface area contributed by atoms with E-state index in [-0.39, 0.29) is 11.6 Å². The predicted octanol–water partition coefficient (Wildman–Crippen LogP) is 4.28. The van der Waals surface area contributed by atoms with Crippen LogP contribution in [0.4, 0.5) is 4.39 Å². The zero-order valence-electron chi connectivity index (χ0n) is 10.00. The standard InChI is InChI=1S/C14H12BrClFNO/c15-12-5-4-11(6-10(12)7-18)19-8-9-2-1-3-13(17)14(9)16/h1-6H,7-8,18H2. The van der Waals surface area contributed by atoms with Crippen LogP contribution in [0.25, 0.3) is 0 Å². The van der Waals surface area contributed by atoms with Gasteiger partial charge < -0.3 is 10.5 Å². The molecule has 0 spiro atoms. The van der Waals surface area contributed by atoms with Crippen molar-refractivity contribution in [1.82, 2.24) is 0 Å². The van der Waals surface area contributed by atoms with E-state index in [2.05, 4.69) is 15.9 Å². The molecule has 19 heavy (non-hydrogen) atoms. The van der Waals surface area contributed by atoms with E-state index >= 15 is 0 Å². The minimum absolute atomic E-state index is 0.0960. The molecule has 0 aromatic heterocycles. The molecule has 0 radical (unpaired) electrons. The Morgan fingerprint density at radius 3 is 2.74 bits per heavy atom. The van der Waals surface area contributed by atoms with Gasteiger partial charge in [-0.1, -0.05) is 39.7 Å². The van der Waals surface area contributed by atoms with Crippen molar-refractivity contribution in [3.05, 3.63) is 62.8 Å². The monoisotopic (exact) mass is 343 g/mol. The molecule has 2 rings (SSSR count). The molecule has 0 aliphatic carbocycles. The molecule has 0 fully saturated rings. The lowest BCUT2D eigenvalue weighted by Gasteiger charge is -2.10. The van der Waals surface area contributed by atoms with Crippen molar-refractivity contribution in [1.29, 1.82) is 0 Å². The van der Waals surface area contributed by atoms with Crippen LogP contribution < -0.4 is 10.5 Å². The fourth-order valence-corrected chi connectivity index (χ4v) is 2.21. The molecule has 0 heterocycles. The maximum absolute atomic E-state index is 13.3. The first-order valence-corrected chi connectivity index (χ1v) is 6.83. The number of benzene rings is 2. The van der Waals surface area contributed by atoms with Crippen LogP contribution >= 0.6 is 27.5 Å². The second-order valence-corrected chi connectivity index (χ2v) is 5.19. The number of ether oxygens (including phenoxy) is 1. The van der Waals surface area contributed by atoms with Crippen molar-refractivity contribution in [3.63, 3.8) is 0 Å². The van der Waals surface area contributed by atoms with Crippen molar-refractivity contribution >= 4 is 27.5 Å². The van der Waals surface area contributed by atoms with E-state index in [1.54, 1.807) is 12.1 Å². The lowest BCUT2D eigenvalue weighted by atomic mass is 10.2. The summed E-state index contributed by atoms with van der Waals surface area (Å²) in [6.45, 7) is 0.626. The largest absolute Gasteiger partial charge is 0.489 e. The second kappa shape index (κ2) is 6.37. The van der Waals surface area contributed by atoms with E-state index in [4.69, 9.17) is 22.1 Å². The Kier molecular flexibility index (Phi) is 4.80. The topological polar surface area (TPSA) is 35.2 Å². The van der Waals surface area contributed by atoms with Gasteiger partial charge in [0, 0.05) is 16.6 Å². The van der Waals surface area contributed by atoms with Crippen molar-refractivity contribution in [2.45, 2.75) is 13.2 Å². The first kappa shape index (κ1) is 14.3. The minimum atomic E-state index is -0.443.